The smallest absolute Gasteiger partial charge is 0.426 e. The highest BCUT2D eigenvalue weighted by Gasteiger charge is 2.16. The maximum absolute atomic E-state index is 12.0. The van der Waals surface area contributed by atoms with Gasteiger partial charge in [-0.05, 0) is 79.6 Å². The van der Waals surface area contributed by atoms with E-state index in [2.05, 4.69) is 38.4 Å². The molecule has 7 heteroatoms. The molecule has 0 radical (unpaired) electrons. The molecule has 0 atom stereocenters. The molecular weight excluding hydrogens is 421 g/mol. The molecule has 0 saturated carbocycles. The lowest BCUT2D eigenvalue weighted by atomic mass is 10.1. The molecule has 0 spiro atoms. The Hall–Kier alpha value is -1.90. The number of nitrogens with one attached hydrogen (secondary N) is 2. The van der Waals surface area contributed by atoms with Gasteiger partial charge in [0.2, 0.25) is 5.91 Å². The molecule has 1 aromatic carbocycles. The maximum Gasteiger partial charge on any atom is 0.426 e. The number of aryl methyl sites for hydroxylation is 1. The van der Waals surface area contributed by atoms with Crippen molar-refractivity contribution in [2.75, 3.05) is 0 Å². The predicted octanol–water partition coefficient (Wildman–Crippen LogP) is 3.25. The monoisotopic (exact) mass is 441 g/mol. The van der Waals surface area contributed by atoms with Crippen LogP contribution in [0.4, 0.5) is 4.79 Å². The van der Waals surface area contributed by atoms with Crippen molar-refractivity contribution >= 4 is 45.5 Å². The second kappa shape index (κ2) is 7.33. The summed E-state index contributed by atoms with van der Waals surface area (Å²) in [4.78, 5) is 27.9. The van der Waals surface area contributed by atoms with E-state index in [-0.39, 0.29) is 12.3 Å². The van der Waals surface area contributed by atoms with E-state index < -0.39 is 11.7 Å². The minimum Gasteiger partial charge on any atom is -0.443 e. The molecule has 0 aliphatic heterocycles. The molecule has 0 saturated heterocycles. The fourth-order valence-corrected chi connectivity index (χ4v) is 2.98. The molecule has 2 rings (SSSR count). The molecule has 0 aliphatic rings. The summed E-state index contributed by atoms with van der Waals surface area (Å²) < 4.78 is 6.03. The van der Waals surface area contributed by atoms with Gasteiger partial charge in [0.15, 0.2) is 0 Å². The highest BCUT2D eigenvalue weighted by molar-refractivity contribution is 14.1. The number of pyridine rings is 1. The third-order valence-corrected chi connectivity index (χ3v) is 3.82. The normalized spacial score (nSPS) is 11.2. The van der Waals surface area contributed by atoms with Crippen molar-refractivity contribution in [3.05, 3.63) is 39.1 Å². The van der Waals surface area contributed by atoms with Gasteiger partial charge >= 0.3 is 6.09 Å². The zero-order valence-corrected chi connectivity index (χ0v) is 16.2. The number of aromatic nitrogens is 1. The summed E-state index contributed by atoms with van der Waals surface area (Å²) in [5.74, 6) is -0.323. The molecule has 128 valence electrons. The van der Waals surface area contributed by atoms with Crippen molar-refractivity contribution in [2.45, 2.75) is 39.7 Å². The highest BCUT2D eigenvalue weighted by Crippen LogP contribution is 2.22. The van der Waals surface area contributed by atoms with E-state index in [1.165, 1.54) is 0 Å². The van der Waals surface area contributed by atoms with Gasteiger partial charge in [-0.2, -0.15) is 0 Å². The number of ether oxygens (including phenoxy) is 1. The summed E-state index contributed by atoms with van der Waals surface area (Å²) in [6, 6.07) is 5.88. The highest BCUT2D eigenvalue weighted by atomic mass is 127. The fourth-order valence-electron chi connectivity index (χ4n) is 2.13. The minimum absolute atomic E-state index is 0.148. The quantitative estimate of drug-likeness (QED) is 0.554. The molecule has 2 amide bonds. The van der Waals surface area contributed by atoms with Crippen molar-refractivity contribution < 1.29 is 14.3 Å². The topological polar surface area (TPSA) is 80.3 Å². The average molecular weight is 441 g/mol. The largest absolute Gasteiger partial charge is 0.443 e. The van der Waals surface area contributed by atoms with Gasteiger partial charge < -0.3 is 4.74 Å². The number of carbonyl (C=O) groups excluding carboxylic acids is 2. The number of hydrazine groups is 1. The van der Waals surface area contributed by atoms with Crippen molar-refractivity contribution in [3.63, 3.8) is 0 Å². The van der Waals surface area contributed by atoms with Gasteiger partial charge in [-0.15, -0.1) is 0 Å². The van der Waals surface area contributed by atoms with Gasteiger partial charge in [0, 0.05) is 15.2 Å². The molecule has 2 N–H and O–H groups in total. The lowest BCUT2D eigenvalue weighted by Gasteiger charge is -2.19. The first-order chi connectivity index (χ1) is 11.1. The number of amides is 2. The Bertz CT molecular complexity index is 784. The van der Waals surface area contributed by atoms with Crippen LogP contribution in [-0.4, -0.2) is 22.6 Å². The van der Waals surface area contributed by atoms with E-state index in [4.69, 9.17) is 4.74 Å². The van der Waals surface area contributed by atoms with Gasteiger partial charge in [-0.1, -0.05) is 0 Å². The summed E-state index contributed by atoms with van der Waals surface area (Å²) in [5.41, 5.74) is 6.80. The molecule has 1 aromatic heterocycles. The fraction of sp³-hybridized carbons (Fsp3) is 0.353. The number of fused-ring (bicyclic) bond motifs is 1. The van der Waals surface area contributed by atoms with Crippen LogP contribution < -0.4 is 10.9 Å². The first kappa shape index (κ1) is 18.4. The summed E-state index contributed by atoms with van der Waals surface area (Å²) in [7, 11) is 0. The van der Waals surface area contributed by atoms with Gasteiger partial charge in [0.05, 0.1) is 11.9 Å². The number of nitrogens with zero attached hydrogens (tertiary/aromatic N) is 1. The second-order valence-electron chi connectivity index (χ2n) is 6.51. The van der Waals surface area contributed by atoms with Crippen LogP contribution >= 0.6 is 22.6 Å². The molecule has 1 heterocycles. The lowest BCUT2D eigenvalue weighted by molar-refractivity contribution is -0.121. The van der Waals surface area contributed by atoms with Crippen LogP contribution in [0.15, 0.2) is 24.4 Å². The van der Waals surface area contributed by atoms with Gasteiger partial charge in [-0.3, -0.25) is 15.2 Å². The van der Waals surface area contributed by atoms with Gasteiger partial charge in [-0.25, -0.2) is 10.2 Å². The van der Waals surface area contributed by atoms with E-state index in [1.807, 2.05) is 31.3 Å². The Morgan fingerprint density at radius 2 is 1.92 bits per heavy atom. The Labute approximate surface area is 154 Å². The number of hydrogen-bond donors (Lipinski definition) is 2. The van der Waals surface area contributed by atoms with E-state index in [0.29, 0.717) is 0 Å². The van der Waals surface area contributed by atoms with Crippen molar-refractivity contribution in [2.24, 2.45) is 0 Å². The molecule has 24 heavy (non-hydrogen) atoms. The Morgan fingerprint density at radius 3 is 2.58 bits per heavy atom. The first-order valence-corrected chi connectivity index (χ1v) is 8.54. The molecule has 6 nitrogen and oxygen atoms in total. The third kappa shape index (κ3) is 5.33. The zero-order chi connectivity index (χ0) is 17.9. The van der Waals surface area contributed by atoms with Gasteiger partial charge in [0.1, 0.15) is 5.60 Å². The number of carbonyl (C=O) groups is 2. The minimum atomic E-state index is -0.691. The van der Waals surface area contributed by atoms with E-state index in [0.717, 1.165) is 25.6 Å². The van der Waals surface area contributed by atoms with Crippen LogP contribution in [-0.2, 0) is 16.0 Å². The average Bonchev–Trinajstić information content (AvgIpc) is 2.42. The summed E-state index contributed by atoms with van der Waals surface area (Å²) in [5, 5.41) is 0.991. The van der Waals surface area contributed by atoms with E-state index >= 15 is 0 Å². The number of rotatable bonds is 2. The van der Waals surface area contributed by atoms with Crippen LogP contribution in [0.5, 0.6) is 0 Å². The number of benzene rings is 1. The van der Waals surface area contributed by atoms with Gasteiger partial charge in [0.25, 0.3) is 0 Å². The predicted molar refractivity (Wildman–Crippen MR) is 100 cm³/mol. The molecule has 0 bridgehead atoms. The molecule has 2 aromatic rings. The van der Waals surface area contributed by atoms with Crippen molar-refractivity contribution in [1.29, 1.82) is 0 Å². The van der Waals surface area contributed by atoms with Crippen molar-refractivity contribution in [1.82, 2.24) is 15.8 Å². The Kier molecular flexibility index (Phi) is 5.63. The second-order valence-corrected chi connectivity index (χ2v) is 7.68. The first-order valence-electron chi connectivity index (χ1n) is 7.47. The maximum atomic E-state index is 12.0. The standard InChI is InChI=1S/C17H20IN3O3/c1-10-5-12-6-11(7-13(18)15(12)19-9-10)8-14(22)20-21-16(23)24-17(2,3)4/h5-7,9H,8H2,1-4H3,(H,20,22)(H,21,23). The summed E-state index contributed by atoms with van der Waals surface area (Å²) in [6.45, 7) is 7.23. The van der Waals surface area contributed by atoms with Crippen LogP contribution in [0, 0.1) is 10.5 Å². The van der Waals surface area contributed by atoms with E-state index in [1.54, 1.807) is 20.8 Å². The lowest BCUT2D eigenvalue weighted by Crippen LogP contribution is -2.44. The Morgan fingerprint density at radius 1 is 1.21 bits per heavy atom. The Balaban J connectivity index is 2.01. The number of halogens is 1. The molecule has 0 aliphatic carbocycles. The van der Waals surface area contributed by atoms with Crippen LogP contribution in [0.3, 0.4) is 0 Å². The zero-order valence-electron chi connectivity index (χ0n) is 14.1. The SMILES string of the molecule is Cc1cnc2c(I)cc(CC(=O)NNC(=O)OC(C)(C)C)cc2c1. The summed E-state index contributed by atoms with van der Waals surface area (Å²) in [6.07, 6.45) is 1.28. The molecule has 0 fully saturated rings. The third-order valence-electron chi connectivity index (χ3n) is 3.00. The molecule has 0 unspecified atom stereocenters. The van der Waals surface area contributed by atoms with Crippen LogP contribution in [0.25, 0.3) is 10.9 Å². The van der Waals surface area contributed by atoms with Crippen LogP contribution in [0.2, 0.25) is 0 Å². The van der Waals surface area contributed by atoms with E-state index in [9.17, 15) is 9.59 Å². The summed E-state index contributed by atoms with van der Waals surface area (Å²) >= 11 is 2.20. The number of hydrogen-bond acceptors (Lipinski definition) is 4. The van der Waals surface area contributed by atoms with Crippen molar-refractivity contribution in [3.8, 4) is 0 Å². The molecular formula is C17H20IN3O3. The van der Waals surface area contributed by atoms with Crippen LogP contribution in [0.1, 0.15) is 31.9 Å².